The molecule has 2 atom stereocenters. The zero-order valence-corrected chi connectivity index (χ0v) is 8.51. The smallest absolute Gasteiger partial charge is 0.185 e. The van der Waals surface area contributed by atoms with Crippen LogP contribution in [0.2, 0.25) is 4.47 Å². The van der Waals surface area contributed by atoms with Gasteiger partial charge < -0.3 is 9.64 Å². The average molecular weight is 217 g/mol. The predicted octanol–water partition coefficient (Wildman–Crippen LogP) is 1.77. The minimum absolute atomic E-state index is 0.453. The number of halogens is 1. The van der Waals surface area contributed by atoms with E-state index < -0.39 is 0 Å². The van der Waals surface area contributed by atoms with E-state index >= 15 is 0 Å². The summed E-state index contributed by atoms with van der Waals surface area (Å²) in [5.74, 6) is 1.02. The number of nitrogens with zero attached hydrogens (tertiary/aromatic N) is 2. The first-order valence-electron chi connectivity index (χ1n) is 4.34. The van der Waals surface area contributed by atoms with Crippen LogP contribution in [0.5, 0.6) is 0 Å². The summed E-state index contributed by atoms with van der Waals surface area (Å²) in [4.78, 5) is 6.57. The maximum Gasteiger partial charge on any atom is 0.185 e. The van der Waals surface area contributed by atoms with Crippen LogP contribution >= 0.6 is 22.9 Å². The van der Waals surface area contributed by atoms with Gasteiger partial charge in [0.05, 0.1) is 18.8 Å². The number of hydrogen-bond acceptors (Lipinski definition) is 4. The lowest BCUT2D eigenvalue weighted by atomic mass is 10.4. The molecule has 2 aliphatic rings. The van der Waals surface area contributed by atoms with Crippen molar-refractivity contribution in [2.45, 2.75) is 18.6 Å². The van der Waals surface area contributed by atoms with E-state index in [9.17, 15) is 0 Å². The molecule has 1 aliphatic heterocycles. The molecule has 3 nitrogen and oxygen atoms in total. The van der Waals surface area contributed by atoms with Gasteiger partial charge in [0.2, 0.25) is 0 Å². The van der Waals surface area contributed by atoms with Crippen molar-refractivity contribution in [3.63, 3.8) is 0 Å². The Morgan fingerprint density at radius 1 is 1.69 bits per heavy atom. The highest BCUT2D eigenvalue weighted by Crippen LogP contribution is 2.38. The zero-order valence-electron chi connectivity index (χ0n) is 6.94. The van der Waals surface area contributed by atoms with Gasteiger partial charge in [-0.1, -0.05) is 11.6 Å². The van der Waals surface area contributed by atoms with E-state index in [0.717, 1.165) is 25.4 Å². The summed E-state index contributed by atoms with van der Waals surface area (Å²) in [5.41, 5.74) is 0. The molecule has 1 aromatic rings. The van der Waals surface area contributed by atoms with Gasteiger partial charge in [-0.05, 0) is 6.42 Å². The molecule has 0 bridgehead atoms. The van der Waals surface area contributed by atoms with Gasteiger partial charge >= 0.3 is 0 Å². The lowest BCUT2D eigenvalue weighted by Gasteiger charge is -2.26. The predicted molar refractivity (Wildman–Crippen MR) is 52.6 cm³/mol. The fraction of sp³-hybridized carbons (Fsp3) is 0.625. The normalized spacial score (nSPS) is 31.6. The highest BCUT2D eigenvalue weighted by atomic mass is 35.5. The number of rotatable bonds is 1. The molecule has 2 fully saturated rings. The summed E-state index contributed by atoms with van der Waals surface area (Å²) in [6, 6.07) is 0.562. The monoisotopic (exact) mass is 216 g/mol. The van der Waals surface area contributed by atoms with Gasteiger partial charge in [-0.25, -0.2) is 4.98 Å². The minimum atomic E-state index is 0.453. The fourth-order valence-electron chi connectivity index (χ4n) is 1.80. The summed E-state index contributed by atoms with van der Waals surface area (Å²) < 4.78 is 6.14. The number of anilines is 1. The van der Waals surface area contributed by atoms with Gasteiger partial charge in [0, 0.05) is 11.9 Å². The van der Waals surface area contributed by atoms with E-state index in [1.807, 2.05) is 5.38 Å². The van der Waals surface area contributed by atoms with Gasteiger partial charge in [0.25, 0.3) is 0 Å². The van der Waals surface area contributed by atoms with E-state index in [0.29, 0.717) is 16.6 Å². The van der Waals surface area contributed by atoms with E-state index in [4.69, 9.17) is 16.3 Å². The van der Waals surface area contributed by atoms with Crippen LogP contribution in [0.25, 0.3) is 0 Å². The van der Waals surface area contributed by atoms with Crippen molar-refractivity contribution < 1.29 is 4.74 Å². The van der Waals surface area contributed by atoms with Gasteiger partial charge in [0.1, 0.15) is 5.82 Å². The van der Waals surface area contributed by atoms with Crippen molar-refractivity contribution in [2.24, 2.45) is 0 Å². The van der Waals surface area contributed by atoms with E-state index in [1.165, 1.54) is 11.3 Å². The number of ether oxygens (including phenoxy) is 1. The Balaban J connectivity index is 1.84. The quantitative estimate of drug-likeness (QED) is 0.716. The molecule has 70 valence electrons. The van der Waals surface area contributed by atoms with Crippen LogP contribution in [0.1, 0.15) is 6.42 Å². The molecule has 3 rings (SSSR count). The van der Waals surface area contributed by atoms with Gasteiger partial charge in [-0.15, -0.1) is 11.3 Å². The molecule has 0 radical (unpaired) electrons. The van der Waals surface area contributed by atoms with Crippen LogP contribution in [0.3, 0.4) is 0 Å². The number of morpholine rings is 1. The third-order valence-electron chi connectivity index (χ3n) is 2.52. The first kappa shape index (κ1) is 8.03. The van der Waals surface area contributed by atoms with Crippen molar-refractivity contribution in [3.05, 3.63) is 9.85 Å². The Morgan fingerprint density at radius 3 is 3.38 bits per heavy atom. The van der Waals surface area contributed by atoms with Crippen molar-refractivity contribution in [1.82, 2.24) is 4.98 Å². The average Bonchev–Trinajstić information content (AvgIpc) is 2.81. The van der Waals surface area contributed by atoms with Crippen molar-refractivity contribution in [1.29, 1.82) is 0 Å². The first-order chi connectivity index (χ1) is 6.34. The first-order valence-corrected chi connectivity index (χ1v) is 5.59. The molecule has 1 aliphatic carbocycles. The minimum Gasteiger partial charge on any atom is -0.374 e. The van der Waals surface area contributed by atoms with Crippen LogP contribution in [-0.4, -0.2) is 30.3 Å². The summed E-state index contributed by atoms with van der Waals surface area (Å²) in [6.07, 6.45) is 1.60. The lowest BCUT2D eigenvalue weighted by molar-refractivity contribution is 0.103. The van der Waals surface area contributed by atoms with E-state index in [-0.39, 0.29) is 0 Å². The molecule has 5 heteroatoms. The van der Waals surface area contributed by atoms with Crippen molar-refractivity contribution in [3.8, 4) is 0 Å². The summed E-state index contributed by atoms with van der Waals surface area (Å²) in [7, 11) is 0. The molecule has 1 saturated carbocycles. The van der Waals surface area contributed by atoms with Crippen LogP contribution in [0, 0.1) is 0 Å². The standard InChI is InChI=1S/C8H9ClN2OS/c9-8-10-7(4-13-8)11-1-2-12-6-3-5(6)11/h4-6H,1-3H2. The number of thiazole rings is 1. The van der Waals surface area contributed by atoms with Crippen LogP contribution < -0.4 is 4.90 Å². The molecule has 0 spiro atoms. The molecule has 2 heterocycles. The van der Waals surface area contributed by atoms with Crippen molar-refractivity contribution in [2.75, 3.05) is 18.1 Å². The Hall–Kier alpha value is -0.320. The van der Waals surface area contributed by atoms with Gasteiger partial charge in [-0.2, -0.15) is 0 Å². The Kier molecular flexibility index (Phi) is 1.75. The van der Waals surface area contributed by atoms with Crippen molar-refractivity contribution >= 4 is 28.8 Å². The van der Waals surface area contributed by atoms with E-state index in [2.05, 4.69) is 9.88 Å². The maximum absolute atomic E-state index is 5.79. The van der Waals surface area contributed by atoms with Gasteiger partial charge in [0.15, 0.2) is 4.47 Å². The highest BCUT2D eigenvalue weighted by Gasteiger charge is 2.46. The SMILES string of the molecule is Clc1nc(N2CCOC3CC32)cs1. The fourth-order valence-corrected chi connectivity index (χ4v) is 2.55. The second kappa shape index (κ2) is 2.83. The van der Waals surface area contributed by atoms with Crippen LogP contribution in [-0.2, 0) is 4.74 Å². The van der Waals surface area contributed by atoms with Crippen LogP contribution in [0.15, 0.2) is 5.38 Å². The van der Waals surface area contributed by atoms with Crippen LogP contribution in [0.4, 0.5) is 5.82 Å². The molecule has 1 aromatic heterocycles. The molecule has 0 amide bonds. The second-order valence-electron chi connectivity index (χ2n) is 3.36. The summed E-state index contributed by atoms with van der Waals surface area (Å²) >= 11 is 7.28. The highest BCUT2D eigenvalue weighted by molar-refractivity contribution is 7.14. The number of hydrogen-bond donors (Lipinski definition) is 0. The van der Waals surface area contributed by atoms with E-state index in [1.54, 1.807) is 0 Å². The Labute approximate surface area is 85.3 Å². The zero-order chi connectivity index (χ0) is 8.84. The largest absolute Gasteiger partial charge is 0.374 e. The molecule has 2 unspecified atom stereocenters. The molecule has 0 aromatic carbocycles. The maximum atomic E-state index is 5.79. The Morgan fingerprint density at radius 2 is 2.62 bits per heavy atom. The summed E-state index contributed by atoms with van der Waals surface area (Å²) in [5, 5.41) is 2.02. The third kappa shape index (κ3) is 1.33. The Bertz CT molecular complexity index is 330. The molecule has 1 saturated heterocycles. The molecular formula is C8H9ClN2OS. The molecule has 13 heavy (non-hydrogen) atoms. The molecular weight excluding hydrogens is 208 g/mol. The number of aromatic nitrogens is 1. The summed E-state index contributed by atoms with van der Waals surface area (Å²) in [6.45, 7) is 1.76. The third-order valence-corrected chi connectivity index (χ3v) is 3.49. The molecule has 0 N–H and O–H groups in total. The lowest BCUT2D eigenvalue weighted by Crippen LogP contribution is -2.36. The van der Waals surface area contributed by atoms with Gasteiger partial charge in [-0.3, -0.25) is 0 Å². The topological polar surface area (TPSA) is 25.4 Å². The second-order valence-corrected chi connectivity index (χ2v) is 4.80. The number of fused-ring (bicyclic) bond motifs is 1.